The number of hydrogen-bond acceptors (Lipinski definition) is 3. The lowest BCUT2D eigenvalue weighted by molar-refractivity contribution is 0.102. The lowest BCUT2D eigenvalue weighted by atomic mass is 9.98. The first-order valence-electron chi connectivity index (χ1n) is 9.12. The summed E-state index contributed by atoms with van der Waals surface area (Å²) in [6, 6.07) is 13.2. The summed E-state index contributed by atoms with van der Waals surface area (Å²) in [7, 11) is 0. The Bertz CT molecular complexity index is 1050. The number of halogens is 3. The van der Waals surface area contributed by atoms with Gasteiger partial charge in [-0.05, 0) is 60.8 Å². The minimum absolute atomic E-state index is 0. The molecule has 1 aliphatic rings. The Labute approximate surface area is 185 Å². The van der Waals surface area contributed by atoms with Crippen molar-refractivity contribution in [2.45, 2.75) is 26.4 Å². The first-order chi connectivity index (χ1) is 13.5. The molecule has 0 bridgehead atoms. The topological polar surface area (TPSA) is 59.0 Å². The lowest BCUT2D eigenvalue weighted by Crippen LogP contribution is -2.24. The molecule has 0 saturated heterocycles. The van der Waals surface area contributed by atoms with Gasteiger partial charge in [0.15, 0.2) is 5.82 Å². The zero-order chi connectivity index (χ0) is 19.7. The maximum Gasteiger partial charge on any atom is 0.256 e. The van der Waals surface area contributed by atoms with E-state index in [9.17, 15) is 4.79 Å². The SMILES string of the molecule is Cc1cc(NC(=O)c2ccc3c(c2)CCNC3)nn1Cc1ccc(Cl)c(Cl)c1.Cl. The number of rotatable bonds is 4. The van der Waals surface area contributed by atoms with E-state index in [-0.39, 0.29) is 18.3 Å². The van der Waals surface area contributed by atoms with Crippen LogP contribution in [0, 0.1) is 6.92 Å². The minimum atomic E-state index is -0.152. The fourth-order valence-corrected chi connectivity index (χ4v) is 3.67. The molecule has 0 aliphatic carbocycles. The van der Waals surface area contributed by atoms with Gasteiger partial charge in [-0.15, -0.1) is 12.4 Å². The molecular weight excluding hydrogens is 431 g/mol. The quantitative estimate of drug-likeness (QED) is 0.595. The van der Waals surface area contributed by atoms with E-state index in [1.54, 1.807) is 6.07 Å². The van der Waals surface area contributed by atoms with E-state index in [0.29, 0.717) is 28.0 Å². The Kier molecular flexibility index (Phi) is 6.85. The Morgan fingerprint density at radius 1 is 1.14 bits per heavy atom. The van der Waals surface area contributed by atoms with Gasteiger partial charge in [0.05, 0.1) is 16.6 Å². The van der Waals surface area contributed by atoms with Crippen LogP contribution in [0.2, 0.25) is 10.0 Å². The number of nitrogens with one attached hydrogen (secondary N) is 2. The summed E-state index contributed by atoms with van der Waals surface area (Å²) in [5.74, 6) is 0.377. The fraction of sp³-hybridized carbons (Fsp3) is 0.238. The molecule has 0 spiro atoms. The number of nitrogens with zero attached hydrogens (tertiary/aromatic N) is 2. The van der Waals surface area contributed by atoms with Crippen molar-refractivity contribution >= 4 is 47.3 Å². The van der Waals surface area contributed by atoms with Crippen molar-refractivity contribution in [2.75, 3.05) is 11.9 Å². The molecule has 0 saturated carbocycles. The maximum atomic E-state index is 12.7. The number of fused-ring (bicyclic) bond motifs is 1. The molecule has 2 heterocycles. The molecule has 1 aromatic heterocycles. The Hall–Kier alpha value is -2.05. The number of aromatic nitrogens is 2. The third-order valence-corrected chi connectivity index (χ3v) is 5.63. The number of carbonyl (C=O) groups excluding carboxylic acids is 1. The zero-order valence-corrected chi connectivity index (χ0v) is 18.2. The van der Waals surface area contributed by atoms with Crippen LogP contribution in [-0.2, 0) is 19.5 Å². The molecular formula is C21H21Cl3N4O. The Morgan fingerprint density at radius 3 is 2.76 bits per heavy atom. The summed E-state index contributed by atoms with van der Waals surface area (Å²) >= 11 is 12.1. The molecule has 0 atom stereocenters. The standard InChI is InChI=1S/C21H20Cl2N4O.ClH/c1-13-8-20(26-27(13)12-14-2-5-18(22)19(23)9-14)25-21(28)16-3-4-17-11-24-7-6-15(17)10-16;/h2-5,8-10,24H,6-7,11-12H2,1H3,(H,25,26,28);1H. The van der Waals surface area contributed by atoms with Crippen molar-refractivity contribution in [3.05, 3.63) is 80.5 Å². The molecule has 0 fully saturated rings. The summed E-state index contributed by atoms with van der Waals surface area (Å²) in [5.41, 5.74) is 5.06. The average Bonchev–Trinajstić information content (AvgIpc) is 3.03. The van der Waals surface area contributed by atoms with Gasteiger partial charge in [0, 0.05) is 23.9 Å². The first kappa shape index (κ1) is 21.7. The number of aryl methyl sites for hydroxylation is 1. The third-order valence-electron chi connectivity index (χ3n) is 4.89. The van der Waals surface area contributed by atoms with Gasteiger partial charge in [-0.3, -0.25) is 9.48 Å². The van der Waals surface area contributed by atoms with Gasteiger partial charge in [-0.1, -0.05) is 35.3 Å². The molecule has 29 heavy (non-hydrogen) atoms. The van der Waals surface area contributed by atoms with Crippen LogP contribution in [0.25, 0.3) is 0 Å². The first-order valence-corrected chi connectivity index (χ1v) is 9.87. The van der Waals surface area contributed by atoms with E-state index in [1.807, 2.05) is 48.0 Å². The summed E-state index contributed by atoms with van der Waals surface area (Å²) in [5, 5.41) is 11.8. The molecule has 5 nitrogen and oxygen atoms in total. The number of benzene rings is 2. The van der Waals surface area contributed by atoms with Crippen LogP contribution in [0.1, 0.15) is 32.7 Å². The highest BCUT2D eigenvalue weighted by Gasteiger charge is 2.14. The van der Waals surface area contributed by atoms with Crippen LogP contribution >= 0.6 is 35.6 Å². The van der Waals surface area contributed by atoms with E-state index in [2.05, 4.69) is 15.7 Å². The molecule has 3 aromatic rings. The van der Waals surface area contributed by atoms with Crippen molar-refractivity contribution in [2.24, 2.45) is 0 Å². The van der Waals surface area contributed by atoms with E-state index >= 15 is 0 Å². The predicted octanol–water partition coefficient (Wildman–Crippen LogP) is 4.87. The smallest absolute Gasteiger partial charge is 0.256 e. The third kappa shape index (κ3) is 4.93. The van der Waals surface area contributed by atoms with Crippen molar-refractivity contribution in [3.8, 4) is 0 Å². The average molecular weight is 452 g/mol. The predicted molar refractivity (Wildman–Crippen MR) is 120 cm³/mol. The number of carbonyl (C=O) groups is 1. The fourth-order valence-electron chi connectivity index (χ4n) is 3.35. The van der Waals surface area contributed by atoms with Gasteiger partial charge in [-0.2, -0.15) is 5.10 Å². The largest absolute Gasteiger partial charge is 0.312 e. The second-order valence-corrected chi connectivity index (χ2v) is 7.76. The second-order valence-electron chi connectivity index (χ2n) is 6.94. The van der Waals surface area contributed by atoms with Crippen LogP contribution in [0.15, 0.2) is 42.5 Å². The lowest BCUT2D eigenvalue weighted by Gasteiger charge is -2.17. The van der Waals surface area contributed by atoms with Gasteiger partial charge in [0.2, 0.25) is 0 Å². The molecule has 1 amide bonds. The number of hydrogen-bond donors (Lipinski definition) is 2. The Balaban J connectivity index is 0.00000240. The van der Waals surface area contributed by atoms with Crippen LogP contribution in [0.5, 0.6) is 0 Å². The minimum Gasteiger partial charge on any atom is -0.312 e. The van der Waals surface area contributed by atoms with Crippen molar-refractivity contribution in [3.63, 3.8) is 0 Å². The maximum absolute atomic E-state index is 12.7. The summed E-state index contributed by atoms with van der Waals surface area (Å²) < 4.78 is 1.83. The second kappa shape index (κ2) is 9.18. The highest BCUT2D eigenvalue weighted by Crippen LogP contribution is 2.23. The molecule has 8 heteroatoms. The van der Waals surface area contributed by atoms with E-state index in [1.165, 1.54) is 11.1 Å². The van der Waals surface area contributed by atoms with Gasteiger partial charge >= 0.3 is 0 Å². The van der Waals surface area contributed by atoms with Gasteiger partial charge in [-0.25, -0.2) is 0 Å². The number of amides is 1. The van der Waals surface area contributed by atoms with E-state index in [0.717, 1.165) is 30.8 Å². The highest BCUT2D eigenvalue weighted by molar-refractivity contribution is 6.42. The van der Waals surface area contributed by atoms with Crippen LogP contribution < -0.4 is 10.6 Å². The van der Waals surface area contributed by atoms with Crippen molar-refractivity contribution < 1.29 is 4.79 Å². The summed E-state index contributed by atoms with van der Waals surface area (Å²) in [6.45, 7) is 4.29. The monoisotopic (exact) mass is 450 g/mol. The highest BCUT2D eigenvalue weighted by atomic mass is 35.5. The van der Waals surface area contributed by atoms with Crippen LogP contribution in [0.4, 0.5) is 5.82 Å². The van der Waals surface area contributed by atoms with Crippen molar-refractivity contribution in [1.29, 1.82) is 0 Å². The van der Waals surface area contributed by atoms with E-state index < -0.39 is 0 Å². The molecule has 2 N–H and O–H groups in total. The molecule has 0 radical (unpaired) electrons. The van der Waals surface area contributed by atoms with Crippen molar-refractivity contribution in [1.82, 2.24) is 15.1 Å². The molecule has 152 valence electrons. The summed E-state index contributed by atoms with van der Waals surface area (Å²) in [6.07, 6.45) is 0.938. The van der Waals surface area contributed by atoms with Crippen LogP contribution in [-0.4, -0.2) is 22.2 Å². The zero-order valence-electron chi connectivity index (χ0n) is 15.8. The Morgan fingerprint density at radius 2 is 1.97 bits per heavy atom. The number of anilines is 1. The molecule has 0 unspecified atom stereocenters. The van der Waals surface area contributed by atoms with Crippen LogP contribution in [0.3, 0.4) is 0 Å². The van der Waals surface area contributed by atoms with E-state index in [4.69, 9.17) is 23.2 Å². The normalized spacial score (nSPS) is 12.8. The van der Waals surface area contributed by atoms with Gasteiger partial charge in [0.1, 0.15) is 0 Å². The molecule has 1 aliphatic heterocycles. The van der Waals surface area contributed by atoms with Gasteiger partial charge < -0.3 is 10.6 Å². The van der Waals surface area contributed by atoms with Gasteiger partial charge in [0.25, 0.3) is 5.91 Å². The summed E-state index contributed by atoms with van der Waals surface area (Å²) in [4.78, 5) is 12.7. The molecule has 2 aromatic carbocycles. The molecule has 4 rings (SSSR count).